The number of rotatable bonds is 4. The zero-order valence-corrected chi connectivity index (χ0v) is 11.1. The molecule has 6 heteroatoms. The quantitative estimate of drug-likeness (QED) is 0.620. The zero-order valence-electron chi connectivity index (χ0n) is 11.1. The molecule has 1 heterocycles. The Balaban J connectivity index is 2.05. The minimum absolute atomic E-state index is 0.132. The Hall–Kier alpha value is -1.85. The van der Waals surface area contributed by atoms with Crippen LogP contribution in [0.3, 0.4) is 0 Å². The van der Waals surface area contributed by atoms with E-state index in [1.807, 2.05) is 6.92 Å². The van der Waals surface area contributed by atoms with Crippen LogP contribution in [-0.4, -0.2) is 22.5 Å². The highest BCUT2D eigenvalue weighted by Gasteiger charge is 2.28. The number of anilines is 1. The van der Waals surface area contributed by atoms with Gasteiger partial charge in [0, 0.05) is 5.56 Å². The number of aromatic amines is 1. The molecule has 104 valence electrons. The van der Waals surface area contributed by atoms with E-state index in [2.05, 4.69) is 9.97 Å². The molecule has 0 amide bonds. The summed E-state index contributed by atoms with van der Waals surface area (Å²) < 4.78 is 5.20. The van der Waals surface area contributed by atoms with Crippen molar-refractivity contribution in [1.29, 1.82) is 0 Å². The van der Waals surface area contributed by atoms with Gasteiger partial charge in [0.15, 0.2) is 0 Å². The molecule has 2 rings (SSSR count). The molecule has 1 aliphatic carbocycles. The molecule has 0 saturated carbocycles. The molecular formula is C13H19N3O3. The molecule has 1 unspecified atom stereocenters. The van der Waals surface area contributed by atoms with Crippen molar-refractivity contribution in [3.05, 3.63) is 21.6 Å². The molecule has 0 spiro atoms. The summed E-state index contributed by atoms with van der Waals surface area (Å²) in [5.41, 5.74) is 6.53. The van der Waals surface area contributed by atoms with Crippen molar-refractivity contribution in [3.63, 3.8) is 0 Å². The number of esters is 1. The fourth-order valence-corrected chi connectivity index (χ4v) is 2.28. The Labute approximate surface area is 111 Å². The summed E-state index contributed by atoms with van der Waals surface area (Å²) in [6.45, 7) is 2.50. The van der Waals surface area contributed by atoms with Crippen LogP contribution >= 0.6 is 0 Å². The smallest absolute Gasteiger partial charge is 0.309 e. The summed E-state index contributed by atoms with van der Waals surface area (Å²) in [6.07, 6.45) is 3.51. The topological polar surface area (TPSA) is 98.1 Å². The SMILES string of the molecule is CCCCOC(=O)C1CCc2nc(N)[nH]c(=O)c2C1. The van der Waals surface area contributed by atoms with Crippen molar-refractivity contribution in [3.8, 4) is 0 Å². The van der Waals surface area contributed by atoms with E-state index in [9.17, 15) is 9.59 Å². The van der Waals surface area contributed by atoms with Gasteiger partial charge in [-0.05, 0) is 25.7 Å². The summed E-state index contributed by atoms with van der Waals surface area (Å²) in [7, 11) is 0. The molecule has 0 fully saturated rings. The molecule has 0 bridgehead atoms. The van der Waals surface area contributed by atoms with Crippen molar-refractivity contribution < 1.29 is 9.53 Å². The second-order valence-electron chi connectivity index (χ2n) is 4.84. The number of hydrogen-bond acceptors (Lipinski definition) is 5. The van der Waals surface area contributed by atoms with Crippen LogP contribution in [0.2, 0.25) is 0 Å². The van der Waals surface area contributed by atoms with Crippen LogP contribution in [0.25, 0.3) is 0 Å². The first-order valence-corrected chi connectivity index (χ1v) is 6.66. The molecule has 1 aliphatic rings. The highest BCUT2D eigenvalue weighted by molar-refractivity contribution is 5.73. The summed E-state index contributed by atoms with van der Waals surface area (Å²) in [5.74, 6) is -0.320. The number of H-pyrrole nitrogens is 1. The lowest BCUT2D eigenvalue weighted by atomic mass is 9.87. The van der Waals surface area contributed by atoms with E-state index in [0.717, 1.165) is 12.8 Å². The van der Waals surface area contributed by atoms with Crippen molar-refractivity contribution in [2.75, 3.05) is 12.3 Å². The van der Waals surface area contributed by atoms with E-state index in [-0.39, 0.29) is 23.4 Å². The van der Waals surface area contributed by atoms with Gasteiger partial charge in [0.05, 0.1) is 18.2 Å². The highest BCUT2D eigenvalue weighted by atomic mass is 16.5. The first kappa shape index (κ1) is 13.6. The Morgan fingerprint density at radius 2 is 2.37 bits per heavy atom. The van der Waals surface area contributed by atoms with Crippen molar-refractivity contribution in [2.24, 2.45) is 5.92 Å². The molecule has 1 aromatic heterocycles. The van der Waals surface area contributed by atoms with Crippen molar-refractivity contribution >= 4 is 11.9 Å². The van der Waals surface area contributed by atoms with Gasteiger partial charge in [0.1, 0.15) is 0 Å². The molecule has 0 saturated heterocycles. The first-order chi connectivity index (χ1) is 9.11. The maximum absolute atomic E-state index is 11.9. The number of carbonyl (C=O) groups is 1. The van der Waals surface area contributed by atoms with Crippen molar-refractivity contribution in [1.82, 2.24) is 9.97 Å². The highest BCUT2D eigenvalue weighted by Crippen LogP contribution is 2.23. The second-order valence-corrected chi connectivity index (χ2v) is 4.84. The molecule has 1 aromatic rings. The molecular weight excluding hydrogens is 246 g/mol. The van der Waals surface area contributed by atoms with Gasteiger partial charge in [0.2, 0.25) is 5.95 Å². The fourth-order valence-electron chi connectivity index (χ4n) is 2.28. The van der Waals surface area contributed by atoms with Crippen LogP contribution in [0, 0.1) is 5.92 Å². The number of unbranched alkanes of at least 4 members (excludes halogenated alkanes) is 1. The lowest BCUT2D eigenvalue weighted by Gasteiger charge is -2.21. The van der Waals surface area contributed by atoms with Crippen LogP contribution in [0.4, 0.5) is 5.95 Å². The van der Waals surface area contributed by atoms with E-state index < -0.39 is 0 Å². The third-order valence-corrected chi connectivity index (χ3v) is 3.38. The standard InChI is InChI=1S/C13H19N3O3/c1-2-3-6-19-12(18)8-4-5-10-9(7-8)11(17)16-13(14)15-10/h8H,2-7H2,1H3,(H3,14,15,16,17). The maximum atomic E-state index is 11.9. The van der Waals surface area contributed by atoms with Gasteiger partial charge in [-0.1, -0.05) is 13.3 Å². The summed E-state index contributed by atoms with van der Waals surface area (Å²) >= 11 is 0. The van der Waals surface area contributed by atoms with E-state index >= 15 is 0 Å². The largest absolute Gasteiger partial charge is 0.465 e. The van der Waals surface area contributed by atoms with E-state index in [0.29, 0.717) is 37.1 Å². The number of aryl methyl sites for hydroxylation is 1. The minimum atomic E-state index is -0.242. The molecule has 19 heavy (non-hydrogen) atoms. The first-order valence-electron chi connectivity index (χ1n) is 6.66. The Bertz CT molecular complexity index is 524. The Kier molecular flexibility index (Phi) is 4.19. The summed E-state index contributed by atoms with van der Waals surface area (Å²) in [5, 5.41) is 0. The number of nitrogen functional groups attached to an aromatic ring is 1. The maximum Gasteiger partial charge on any atom is 0.309 e. The van der Waals surface area contributed by atoms with Gasteiger partial charge in [-0.15, -0.1) is 0 Å². The zero-order chi connectivity index (χ0) is 13.8. The lowest BCUT2D eigenvalue weighted by Crippen LogP contribution is -2.31. The molecule has 1 atom stereocenters. The van der Waals surface area contributed by atoms with Gasteiger partial charge in [-0.3, -0.25) is 14.6 Å². The van der Waals surface area contributed by atoms with Gasteiger partial charge in [-0.2, -0.15) is 0 Å². The van der Waals surface area contributed by atoms with Crippen LogP contribution in [-0.2, 0) is 22.4 Å². The molecule has 3 N–H and O–H groups in total. The number of hydrogen-bond donors (Lipinski definition) is 2. The number of fused-ring (bicyclic) bond motifs is 1. The van der Waals surface area contributed by atoms with Crippen LogP contribution in [0.5, 0.6) is 0 Å². The predicted molar refractivity (Wildman–Crippen MR) is 70.7 cm³/mol. The summed E-state index contributed by atoms with van der Waals surface area (Å²) in [6, 6.07) is 0. The Morgan fingerprint density at radius 3 is 3.11 bits per heavy atom. The number of nitrogens with two attached hydrogens (primary N) is 1. The fraction of sp³-hybridized carbons (Fsp3) is 0.615. The molecule has 0 aromatic carbocycles. The molecule has 0 aliphatic heterocycles. The Morgan fingerprint density at radius 1 is 1.58 bits per heavy atom. The number of ether oxygens (including phenoxy) is 1. The lowest BCUT2D eigenvalue weighted by molar-refractivity contribution is -0.149. The average Bonchev–Trinajstić information content (AvgIpc) is 2.38. The van der Waals surface area contributed by atoms with E-state index in [1.165, 1.54) is 0 Å². The third kappa shape index (κ3) is 3.13. The van der Waals surface area contributed by atoms with E-state index in [1.54, 1.807) is 0 Å². The van der Waals surface area contributed by atoms with Gasteiger partial charge in [-0.25, -0.2) is 4.98 Å². The van der Waals surface area contributed by atoms with Gasteiger partial charge >= 0.3 is 5.97 Å². The molecule has 0 radical (unpaired) electrons. The number of carbonyl (C=O) groups excluding carboxylic acids is 1. The second kappa shape index (κ2) is 5.86. The summed E-state index contributed by atoms with van der Waals surface area (Å²) in [4.78, 5) is 30.2. The minimum Gasteiger partial charge on any atom is -0.465 e. The van der Waals surface area contributed by atoms with E-state index in [4.69, 9.17) is 10.5 Å². The van der Waals surface area contributed by atoms with Gasteiger partial charge in [0.25, 0.3) is 5.56 Å². The predicted octanol–water partition coefficient (Wildman–Crippen LogP) is 0.800. The van der Waals surface area contributed by atoms with Crippen LogP contribution in [0.1, 0.15) is 37.4 Å². The molecule has 6 nitrogen and oxygen atoms in total. The monoisotopic (exact) mass is 265 g/mol. The van der Waals surface area contributed by atoms with Crippen LogP contribution < -0.4 is 11.3 Å². The van der Waals surface area contributed by atoms with Gasteiger partial charge < -0.3 is 10.5 Å². The average molecular weight is 265 g/mol. The number of nitrogens with zero attached hydrogens (tertiary/aromatic N) is 1. The normalized spacial score (nSPS) is 17.8. The van der Waals surface area contributed by atoms with Crippen LogP contribution in [0.15, 0.2) is 4.79 Å². The third-order valence-electron chi connectivity index (χ3n) is 3.38. The number of nitrogens with one attached hydrogen (secondary N) is 1. The number of aromatic nitrogens is 2. The van der Waals surface area contributed by atoms with Crippen molar-refractivity contribution in [2.45, 2.75) is 39.0 Å².